The molecular weight excluding hydrogens is 268 g/mol. The number of benzene rings is 1. The minimum Gasteiger partial charge on any atom is -0.493 e. The lowest BCUT2D eigenvalue weighted by Gasteiger charge is -2.40. The van der Waals surface area contributed by atoms with Crippen LogP contribution in [0.2, 0.25) is 0 Å². The van der Waals surface area contributed by atoms with Gasteiger partial charge in [-0.15, -0.1) is 0 Å². The molecule has 1 aromatic carbocycles. The van der Waals surface area contributed by atoms with Crippen LogP contribution in [-0.2, 0) is 9.59 Å². The van der Waals surface area contributed by atoms with Crippen molar-refractivity contribution >= 4 is 11.8 Å². The van der Waals surface area contributed by atoms with Gasteiger partial charge in [-0.2, -0.15) is 0 Å². The van der Waals surface area contributed by atoms with Gasteiger partial charge in [0.2, 0.25) is 11.8 Å². The quantitative estimate of drug-likeness (QED) is 0.912. The van der Waals surface area contributed by atoms with E-state index in [-0.39, 0.29) is 24.3 Å². The maximum absolute atomic E-state index is 12.6. The van der Waals surface area contributed by atoms with E-state index in [2.05, 4.69) is 5.32 Å². The number of hydrogen-bond donors (Lipinski definition) is 1. The molecule has 112 valence electrons. The zero-order chi connectivity index (χ0) is 15.0. The molecule has 0 spiro atoms. The summed E-state index contributed by atoms with van der Waals surface area (Å²) in [4.78, 5) is 26.1. The summed E-state index contributed by atoms with van der Waals surface area (Å²) in [6.07, 6.45) is 0.589. The van der Waals surface area contributed by atoms with Gasteiger partial charge in [0.05, 0.1) is 13.2 Å². The van der Waals surface area contributed by atoms with E-state index in [1.165, 1.54) is 0 Å². The fourth-order valence-corrected chi connectivity index (χ4v) is 3.03. The van der Waals surface area contributed by atoms with Gasteiger partial charge in [-0.3, -0.25) is 9.59 Å². The first kappa shape index (κ1) is 13.9. The Morgan fingerprint density at radius 3 is 2.90 bits per heavy atom. The fraction of sp³-hybridized carbons (Fsp3) is 0.500. The number of rotatable bonds is 3. The Morgan fingerprint density at radius 1 is 1.38 bits per heavy atom. The van der Waals surface area contributed by atoms with Crippen molar-refractivity contribution in [3.05, 3.63) is 29.8 Å². The number of nitrogens with one attached hydrogen (secondary N) is 1. The number of fused-ring (bicyclic) bond motifs is 1. The lowest BCUT2D eigenvalue weighted by Crippen LogP contribution is -2.65. The number of carbonyl (C=O) groups is 2. The van der Waals surface area contributed by atoms with Crippen molar-refractivity contribution in [1.29, 1.82) is 0 Å². The average Bonchev–Trinajstić information content (AvgIpc) is 2.88. The molecule has 5 heteroatoms. The van der Waals surface area contributed by atoms with Crippen LogP contribution in [0.25, 0.3) is 0 Å². The highest BCUT2D eigenvalue weighted by molar-refractivity contribution is 5.97. The molecule has 2 aliphatic rings. The van der Waals surface area contributed by atoms with Crippen LogP contribution in [0.3, 0.4) is 0 Å². The smallest absolute Gasteiger partial charge is 0.248 e. The van der Waals surface area contributed by atoms with E-state index in [4.69, 9.17) is 4.74 Å². The molecule has 1 aromatic rings. The Hall–Kier alpha value is -2.04. The summed E-state index contributed by atoms with van der Waals surface area (Å²) in [7, 11) is 0. The normalized spacial score (nSPS) is 28.1. The van der Waals surface area contributed by atoms with Crippen molar-refractivity contribution in [3.63, 3.8) is 0 Å². The lowest BCUT2D eigenvalue weighted by atomic mass is 9.92. The molecule has 0 bridgehead atoms. The molecule has 0 aliphatic carbocycles. The predicted octanol–water partition coefficient (Wildman–Crippen LogP) is 1.29. The van der Waals surface area contributed by atoms with E-state index in [0.717, 1.165) is 11.3 Å². The molecule has 2 atom stereocenters. The molecular formula is C16H20N2O3. The third-order valence-corrected chi connectivity index (χ3v) is 4.46. The van der Waals surface area contributed by atoms with E-state index >= 15 is 0 Å². The van der Waals surface area contributed by atoms with Crippen LogP contribution in [0.4, 0.5) is 0 Å². The second-order valence-corrected chi connectivity index (χ2v) is 5.97. The Kier molecular flexibility index (Phi) is 3.35. The maximum atomic E-state index is 12.6. The molecule has 5 nitrogen and oxygen atoms in total. The van der Waals surface area contributed by atoms with E-state index in [0.29, 0.717) is 19.6 Å². The number of carbonyl (C=O) groups excluding carboxylic acids is 2. The summed E-state index contributed by atoms with van der Waals surface area (Å²) in [6.45, 7) is 4.92. The Bertz CT molecular complexity index is 587. The second-order valence-electron chi connectivity index (χ2n) is 5.97. The van der Waals surface area contributed by atoms with Crippen LogP contribution in [0, 0.1) is 0 Å². The maximum Gasteiger partial charge on any atom is 0.248 e. The molecule has 0 aromatic heterocycles. The molecule has 21 heavy (non-hydrogen) atoms. The molecule has 2 heterocycles. The van der Waals surface area contributed by atoms with Crippen LogP contribution < -0.4 is 10.1 Å². The van der Waals surface area contributed by atoms with E-state index in [1.54, 1.807) is 11.8 Å². The predicted molar refractivity (Wildman–Crippen MR) is 78.1 cm³/mol. The van der Waals surface area contributed by atoms with Crippen molar-refractivity contribution in [2.24, 2.45) is 0 Å². The van der Waals surface area contributed by atoms with Gasteiger partial charge in [-0.05, 0) is 19.4 Å². The summed E-state index contributed by atoms with van der Waals surface area (Å²) in [6, 6.07) is 7.88. The van der Waals surface area contributed by atoms with Gasteiger partial charge in [0.25, 0.3) is 0 Å². The zero-order valence-electron chi connectivity index (χ0n) is 12.4. The monoisotopic (exact) mass is 288 g/mol. The third kappa shape index (κ3) is 2.37. The number of ether oxygens (including phenoxy) is 1. The lowest BCUT2D eigenvalue weighted by molar-refractivity contribution is -0.149. The number of piperazine rings is 1. The number of hydrogen-bond acceptors (Lipinski definition) is 3. The van der Waals surface area contributed by atoms with Crippen LogP contribution in [-0.4, -0.2) is 41.9 Å². The van der Waals surface area contributed by atoms with Crippen molar-refractivity contribution in [2.45, 2.75) is 31.7 Å². The Balaban J connectivity index is 1.79. The Labute approximate surface area is 124 Å². The van der Waals surface area contributed by atoms with Gasteiger partial charge >= 0.3 is 0 Å². The van der Waals surface area contributed by atoms with Crippen LogP contribution in [0.15, 0.2) is 24.3 Å². The van der Waals surface area contributed by atoms with Crippen molar-refractivity contribution in [1.82, 2.24) is 10.2 Å². The van der Waals surface area contributed by atoms with Gasteiger partial charge in [0.1, 0.15) is 11.3 Å². The summed E-state index contributed by atoms with van der Waals surface area (Å²) in [5.74, 6) is 0.923. The first-order valence-electron chi connectivity index (χ1n) is 7.35. The number of para-hydroxylation sites is 1. The summed E-state index contributed by atoms with van der Waals surface area (Å²) < 4.78 is 5.65. The van der Waals surface area contributed by atoms with Crippen molar-refractivity contribution in [3.8, 4) is 5.75 Å². The average molecular weight is 288 g/mol. The van der Waals surface area contributed by atoms with Gasteiger partial charge in [-0.1, -0.05) is 25.1 Å². The molecule has 1 N–H and O–H groups in total. The molecule has 2 aliphatic heterocycles. The van der Waals surface area contributed by atoms with Crippen LogP contribution in [0.5, 0.6) is 5.75 Å². The molecule has 1 saturated heterocycles. The highest BCUT2D eigenvalue weighted by Gasteiger charge is 2.42. The second kappa shape index (κ2) is 5.06. The molecule has 2 unspecified atom stereocenters. The van der Waals surface area contributed by atoms with Crippen LogP contribution in [0.1, 0.15) is 31.7 Å². The molecule has 1 fully saturated rings. The van der Waals surface area contributed by atoms with Gasteiger partial charge in [-0.25, -0.2) is 0 Å². The van der Waals surface area contributed by atoms with E-state index in [1.807, 2.05) is 31.2 Å². The van der Waals surface area contributed by atoms with Crippen molar-refractivity contribution < 1.29 is 14.3 Å². The zero-order valence-corrected chi connectivity index (χ0v) is 12.4. The first-order chi connectivity index (χ1) is 10.0. The summed E-state index contributed by atoms with van der Waals surface area (Å²) in [5, 5.41) is 2.80. The molecule has 0 saturated carbocycles. The largest absolute Gasteiger partial charge is 0.493 e. The fourth-order valence-electron chi connectivity index (χ4n) is 3.03. The number of nitrogens with zero attached hydrogens (tertiary/aromatic N) is 1. The van der Waals surface area contributed by atoms with E-state index < -0.39 is 5.54 Å². The molecule has 0 radical (unpaired) electrons. The topological polar surface area (TPSA) is 58.6 Å². The minimum absolute atomic E-state index is 0.00557. The number of amides is 2. The summed E-state index contributed by atoms with van der Waals surface area (Å²) >= 11 is 0. The van der Waals surface area contributed by atoms with Crippen LogP contribution >= 0.6 is 0 Å². The summed E-state index contributed by atoms with van der Waals surface area (Å²) in [5.41, 5.74) is 0.336. The standard InChI is InChI=1S/C16H20N2O3/c1-3-16(2)15(20)18(9-14(19)17-16)8-11-10-21-13-7-5-4-6-12(11)13/h4-7,11H,3,8-10H2,1-2H3,(H,17,19). The van der Waals surface area contributed by atoms with Crippen molar-refractivity contribution in [2.75, 3.05) is 19.7 Å². The van der Waals surface area contributed by atoms with E-state index in [9.17, 15) is 9.59 Å². The molecule has 3 rings (SSSR count). The van der Waals surface area contributed by atoms with Gasteiger partial charge in [0, 0.05) is 18.0 Å². The third-order valence-electron chi connectivity index (χ3n) is 4.46. The first-order valence-corrected chi connectivity index (χ1v) is 7.35. The highest BCUT2D eigenvalue weighted by Crippen LogP contribution is 2.34. The SMILES string of the molecule is CCC1(C)NC(=O)CN(CC2COc3ccccc32)C1=O. The van der Waals surface area contributed by atoms with Gasteiger partial charge < -0.3 is 15.0 Å². The minimum atomic E-state index is -0.783. The molecule has 2 amide bonds. The highest BCUT2D eigenvalue weighted by atomic mass is 16.5. The van der Waals surface area contributed by atoms with Gasteiger partial charge in [0.15, 0.2) is 0 Å². The Morgan fingerprint density at radius 2 is 2.14 bits per heavy atom.